The molecule has 0 saturated carbocycles. The molecule has 0 aliphatic heterocycles. The molecule has 0 unspecified atom stereocenters. The number of nitrogens with zero attached hydrogens (tertiary/aromatic N) is 3. The molecule has 0 atom stereocenters. The van der Waals surface area contributed by atoms with Crippen LogP contribution in [-0.4, -0.2) is 41.3 Å². The first-order valence-electron chi connectivity index (χ1n) is 10.0. The molecule has 8 heteroatoms. The van der Waals surface area contributed by atoms with E-state index in [-0.39, 0.29) is 18.5 Å². The average molecular weight is 444 g/mol. The standard InChI is InChI=1S/C23H26ClN3O4/c1-15(2)27(14-21-25-26-23(31-21)17-7-5-6-8-18(17)24)22(28)12-10-16-9-11-19(29-3)20(13-16)30-4/h5-9,11,13,15H,10,12,14H2,1-4H3. The highest BCUT2D eigenvalue weighted by Gasteiger charge is 2.21. The number of halogens is 1. The molecule has 31 heavy (non-hydrogen) atoms. The number of carbonyl (C=O) groups is 1. The summed E-state index contributed by atoms with van der Waals surface area (Å²) in [6, 6.07) is 12.9. The van der Waals surface area contributed by atoms with Crippen molar-refractivity contribution in [2.75, 3.05) is 14.2 Å². The summed E-state index contributed by atoms with van der Waals surface area (Å²) in [5, 5.41) is 8.71. The third-order valence-electron chi connectivity index (χ3n) is 4.90. The van der Waals surface area contributed by atoms with Crippen LogP contribution in [0, 0.1) is 0 Å². The Bertz CT molecular complexity index is 1040. The first-order valence-corrected chi connectivity index (χ1v) is 10.4. The molecule has 1 heterocycles. The summed E-state index contributed by atoms with van der Waals surface area (Å²) in [5.74, 6) is 2.01. The van der Waals surface area contributed by atoms with E-state index in [1.54, 1.807) is 25.2 Å². The molecule has 1 aromatic heterocycles. The lowest BCUT2D eigenvalue weighted by Gasteiger charge is -2.25. The number of hydrogen-bond acceptors (Lipinski definition) is 6. The number of rotatable bonds is 9. The molecule has 0 aliphatic rings. The average Bonchev–Trinajstić information content (AvgIpc) is 3.24. The van der Waals surface area contributed by atoms with Crippen LogP contribution in [0.4, 0.5) is 0 Å². The fraction of sp³-hybridized carbons (Fsp3) is 0.348. The van der Waals surface area contributed by atoms with Crippen LogP contribution in [-0.2, 0) is 17.8 Å². The molecule has 3 rings (SSSR count). The Morgan fingerprint density at radius 1 is 1.10 bits per heavy atom. The molecular weight excluding hydrogens is 418 g/mol. The van der Waals surface area contributed by atoms with Crippen molar-refractivity contribution in [2.24, 2.45) is 0 Å². The van der Waals surface area contributed by atoms with E-state index in [4.69, 9.17) is 25.5 Å². The number of benzene rings is 2. The third kappa shape index (κ3) is 5.55. The van der Waals surface area contributed by atoms with Gasteiger partial charge in [-0.25, -0.2) is 0 Å². The van der Waals surface area contributed by atoms with Gasteiger partial charge >= 0.3 is 0 Å². The van der Waals surface area contributed by atoms with Crippen molar-refractivity contribution in [2.45, 2.75) is 39.3 Å². The molecule has 0 N–H and O–H groups in total. The van der Waals surface area contributed by atoms with E-state index < -0.39 is 0 Å². The van der Waals surface area contributed by atoms with E-state index in [0.717, 1.165) is 5.56 Å². The van der Waals surface area contributed by atoms with Gasteiger partial charge < -0.3 is 18.8 Å². The van der Waals surface area contributed by atoms with Crippen LogP contribution in [0.3, 0.4) is 0 Å². The number of ether oxygens (including phenoxy) is 2. The van der Waals surface area contributed by atoms with Gasteiger partial charge in [0.15, 0.2) is 11.5 Å². The van der Waals surface area contributed by atoms with Gasteiger partial charge in [0.25, 0.3) is 0 Å². The Balaban J connectivity index is 1.67. The number of aryl methyl sites for hydroxylation is 1. The Hall–Kier alpha value is -3.06. The lowest BCUT2D eigenvalue weighted by molar-refractivity contribution is -0.133. The Kier molecular flexibility index (Phi) is 7.52. The normalized spacial score (nSPS) is 10.9. The van der Waals surface area contributed by atoms with Gasteiger partial charge in [0.2, 0.25) is 17.7 Å². The fourth-order valence-electron chi connectivity index (χ4n) is 3.20. The second-order valence-electron chi connectivity index (χ2n) is 7.29. The molecule has 0 bridgehead atoms. The smallest absolute Gasteiger partial charge is 0.249 e. The van der Waals surface area contributed by atoms with E-state index in [2.05, 4.69) is 10.2 Å². The molecule has 0 spiro atoms. The predicted molar refractivity (Wildman–Crippen MR) is 118 cm³/mol. The maximum Gasteiger partial charge on any atom is 0.249 e. The first kappa shape index (κ1) is 22.6. The van der Waals surface area contributed by atoms with Gasteiger partial charge in [0.05, 0.1) is 31.4 Å². The summed E-state index contributed by atoms with van der Waals surface area (Å²) in [6.07, 6.45) is 0.927. The maximum absolute atomic E-state index is 12.9. The van der Waals surface area contributed by atoms with E-state index in [1.165, 1.54) is 0 Å². The minimum Gasteiger partial charge on any atom is -0.493 e. The van der Waals surface area contributed by atoms with Gasteiger partial charge in [0, 0.05) is 12.5 Å². The summed E-state index contributed by atoms with van der Waals surface area (Å²) in [4.78, 5) is 14.7. The molecule has 1 amide bonds. The van der Waals surface area contributed by atoms with Crippen molar-refractivity contribution in [1.82, 2.24) is 15.1 Å². The Morgan fingerprint density at radius 3 is 2.52 bits per heavy atom. The maximum atomic E-state index is 12.9. The summed E-state index contributed by atoms with van der Waals surface area (Å²) in [7, 11) is 3.19. The quantitative estimate of drug-likeness (QED) is 0.473. The summed E-state index contributed by atoms with van der Waals surface area (Å²) in [5.41, 5.74) is 1.66. The van der Waals surface area contributed by atoms with Crippen LogP contribution < -0.4 is 9.47 Å². The molecule has 2 aromatic carbocycles. The van der Waals surface area contributed by atoms with Crippen LogP contribution >= 0.6 is 11.6 Å². The van der Waals surface area contributed by atoms with E-state index in [0.29, 0.717) is 46.7 Å². The van der Waals surface area contributed by atoms with Gasteiger partial charge in [-0.2, -0.15) is 0 Å². The lowest BCUT2D eigenvalue weighted by atomic mass is 10.1. The van der Waals surface area contributed by atoms with Crippen LogP contribution in [0.2, 0.25) is 5.02 Å². The summed E-state index contributed by atoms with van der Waals surface area (Å²) < 4.78 is 16.4. The SMILES string of the molecule is COc1ccc(CCC(=O)N(Cc2nnc(-c3ccccc3Cl)o2)C(C)C)cc1OC. The number of carbonyl (C=O) groups excluding carboxylic acids is 1. The van der Waals surface area contributed by atoms with E-state index >= 15 is 0 Å². The highest BCUT2D eigenvalue weighted by Crippen LogP contribution is 2.29. The lowest BCUT2D eigenvalue weighted by Crippen LogP contribution is -2.36. The number of methoxy groups -OCH3 is 2. The van der Waals surface area contributed by atoms with Crippen molar-refractivity contribution in [3.63, 3.8) is 0 Å². The molecule has 0 fully saturated rings. The number of hydrogen-bond donors (Lipinski definition) is 0. The third-order valence-corrected chi connectivity index (χ3v) is 5.23. The number of aromatic nitrogens is 2. The van der Waals surface area contributed by atoms with Gasteiger partial charge in [-0.05, 0) is 50.1 Å². The highest BCUT2D eigenvalue weighted by molar-refractivity contribution is 6.33. The van der Waals surface area contributed by atoms with Gasteiger partial charge in [0.1, 0.15) is 0 Å². The van der Waals surface area contributed by atoms with Crippen LogP contribution in [0.15, 0.2) is 46.9 Å². The molecule has 0 aliphatic carbocycles. The van der Waals surface area contributed by atoms with Gasteiger partial charge in [-0.15, -0.1) is 10.2 Å². The first-order chi connectivity index (χ1) is 14.9. The van der Waals surface area contributed by atoms with Crippen LogP contribution in [0.25, 0.3) is 11.5 Å². The second kappa shape index (κ2) is 10.3. The Morgan fingerprint density at radius 2 is 1.84 bits per heavy atom. The molecule has 7 nitrogen and oxygen atoms in total. The minimum atomic E-state index is -0.0198. The summed E-state index contributed by atoms with van der Waals surface area (Å²) >= 11 is 6.21. The zero-order valence-electron chi connectivity index (χ0n) is 18.1. The molecular formula is C23H26ClN3O4. The monoisotopic (exact) mass is 443 g/mol. The molecule has 3 aromatic rings. The van der Waals surface area contributed by atoms with E-state index in [1.807, 2.05) is 50.2 Å². The zero-order valence-corrected chi connectivity index (χ0v) is 18.8. The molecule has 0 saturated heterocycles. The van der Waals surface area contributed by atoms with Crippen molar-refractivity contribution in [1.29, 1.82) is 0 Å². The van der Waals surface area contributed by atoms with Crippen molar-refractivity contribution < 1.29 is 18.7 Å². The van der Waals surface area contributed by atoms with Gasteiger partial charge in [-0.3, -0.25) is 4.79 Å². The van der Waals surface area contributed by atoms with Crippen molar-refractivity contribution >= 4 is 17.5 Å². The van der Waals surface area contributed by atoms with Gasteiger partial charge in [-0.1, -0.05) is 29.8 Å². The minimum absolute atomic E-state index is 0.00211. The second-order valence-corrected chi connectivity index (χ2v) is 7.69. The topological polar surface area (TPSA) is 77.7 Å². The van der Waals surface area contributed by atoms with Crippen LogP contribution in [0.1, 0.15) is 31.7 Å². The van der Waals surface area contributed by atoms with Crippen molar-refractivity contribution in [3.8, 4) is 23.0 Å². The largest absolute Gasteiger partial charge is 0.493 e. The molecule has 164 valence electrons. The fourth-order valence-corrected chi connectivity index (χ4v) is 3.41. The van der Waals surface area contributed by atoms with Crippen molar-refractivity contribution in [3.05, 3.63) is 58.9 Å². The summed E-state index contributed by atoms with van der Waals surface area (Å²) in [6.45, 7) is 4.15. The predicted octanol–water partition coefficient (Wildman–Crippen LogP) is 4.78. The van der Waals surface area contributed by atoms with E-state index in [9.17, 15) is 4.79 Å². The Labute approximate surface area is 186 Å². The molecule has 0 radical (unpaired) electrons. The highest BCUT2D eigenvalue weighted by atomic mass is 35.5. The number of amides is 1. The van der Waals surface area contributed by atoms with Crippen LogP contribution in [0.5, 0.6) is 11.5 Å². The zero-order chi connectivity index (χ0) is 22.4.